The Bertz CT molecular complexity index is 401. The van der Waals surface area contributed by atoms with Crippen LogP contribution in [0, 0.1) is 0 Å². The van der Waals surface area contributed by atoms with E-state index in [1.165, 1.54) is 0 Å². The van der Waals surface area contributed by atoms with Gasteiger partial charge in [-0.3, -0.25) is 4.79 Å². The van der Waals surface area contributed by atoms with Gasteiger partial charge in [0, 0.05) is 0 Å². The third-order valence-corrected chi connectivity index (χ3v) is 3.74. The minimum Gasteiger partial charge on any atom is -0.394 e. The largest absolute Gasteiger partial charge is 0.394 e. The first-order chi connectivity index (χ1) is 11.1. The van der Waals surface area contributed by atoms with Crippen LogP contribution in [0.1, 0.15) is 6.92 Å². The second-order valence-corrected chi connectivity index (χ2v) is 5.58. The minimum atomic E-state index is -2.08. The van der Waals surface area contributed by atoms with Crippen LogP contribution in [-0.2, 0) is 14.3 Å². The Labute approximate surface area is 137 Å². The number of rotatable bonds is 8. The minimum absolute atomic E-state index is 0.716. The fourth-order valence-corrected chi connectivity index (χ4v) is 2.16. The molecular weight excluding hydrogens is 332 g/mol. The normalized spacial score (nSPS) is 36.0. The van der Waals surface area contributed by atoms with E-state index < -0.39 is 74.1 Å². The van der Waals surface area contributed by atoms with Crippen LogP contribution in [0.15, 0.2) is 0 Å². The molecule has 0 aromatic heterocycles. The maximum atomic E-state index is 12.0. The second-order valence-electron chi connectivity index (χ2n) is 5.58. The van der Waals surface area contributed by atoms with Gasteiger partial charge in [-0.1, -0.05) is 0 Å². The highest BCUT2D eigenvalue weighted by Gasteiger charge is 2.46. The number of ether oxygens (including phenoxy) is 2. The van der Waals surface area contributed by atoms with Crippen LogP contribution in [0.4, 0.5) is 0 Å². The van der Waals surface area contributed by atoms with Crippen LogP contribution in [0.2, 0.25) is 0 Å². The van der Waals surface area contributed by atoms with Crippen molar-refractivity contribution in [1.29, 1.82) is 0 Å². The van der Waals surface area contributed by atoms with Gasteiger partial charge < -0.3 is 50.3 Å². The number of carbonyl (C=O) groups excluding carboxylic acids is 1. The molecule has 0 radical (unpaired) electrons. The molecule has 11 nitrogen and oxygen atoms in total. The van der Waals surface area contributed by atoms with Crippen molar-refractivity contribution in [3.8, 4) is 0 Å². The summed E-state index contributed by atoms with van der Waals surface area (Å²) in [6.45, 7) is -0.545. The van der Waals surface area contributed by atoms with Gasteiger partial charge in [0.2, 0.25) is 0 Å². The molecule has 24 heavy (non-hydrogen) atoms. The molecule has 0 amide bonds. The van der Waals surface area contributed by atoms with Gasteiger partial charge in [-0.2, -0.15) is 0 Å². The Morgan fingerprint density at radius 3 is 2.12 bits per heavy atom. The molecular formula is C13H24O11. The summed E-state index contributed by atoms with van der Waals surface area (Å²) >= 11 is 0. The lowest BCUT2D eigenvalue weighted by molar-refractivity contribution is -0.310. The number of carbonyl (C=O) groups is 1. The molecule has 8 N–H and O–H groups in total. The summed E-state index contributed by atoms with van der Waals surface area (Å²) in [4.78, 5) is 12.0. The third-order valence-electron chi connectivity index (χ3n) is 3.74. The lowest BCUT2D eigenvalue weighted by Crippen LogP contribution is -2.60. The van der Waals surface area contributed by atoms with E-state index in [0.717, 1.165) is 6.92 Å². The molecule has 0 aromatic carbocycles. The maximum Gasteiger partial charge on any atom is 0.195 e. The van der Waals surface area contributed by atoms with Crippen molar-refractivity contribution in [3.05, 3.63) is 0 Å². The Kier molecular flexibility index (Phi) is 8.08. The van der Waals surface area contributed by atoms with Crippen LogP contribution < -0.4 is 0 Å². The summed E-state index contributed by atoms with van der Waals surface area (Å²) < 4.78 is 10.0. The highest BCUT2D eigenvalue weighted by molar-refractivity contribution is 5.87. The van der Waals surface area contributed by atoms with Crippen molar-refractivity contribution in [1.82, 2.24) is 0 Å². The predicted octanol–water partition coefficient (Wildman–Crippen LogP) is -5.16. The lowest BCUT2D eigenvalue weighted by atomic mass is 9.98. The average Bonchev–Trinajstić information content (AvgIpc) is 2.57. The standard InChI is InChI=1S/C13H24O11/c1-4(16)7(17)10(20)8(18)5(2-14)23-13-12(22)11(21)9(19)6(3-15)24-13/h4-7,9-17,19-22H,2-3H2,1H3. The van der Waals surface area contributed by atoms with E-state index in [1.807, 2.05) is 0 Å². The number of aliphatic hydroxyl groups excluding tert-OH is 8. The number of aliphatic hydroxyl groups is 8. The number of hydrogen-bond acceptors (Lipinski definition) is 11. The number of ketones is 1. The highest BCUT2D eigenvalue weighted by atomic mass is 16.7. The maximum absolute atomic E-state index is 12.0. The van der Waals surface area contributed by atoms with Gasteiger partial charge >= 0.3 is 0 Å². The molecule has 9 unspecified atom stereocenters. The molecule has 1 fully saturated rings. The van der Waals surface area contributed by atoms with E-state index in [1.54, 1.807) is 0 Å². The fraction of sp³-hybridized carbons (Fsp3) is 0.923. The van der Waals surface area contributed by atoms with E-state index in [4.69, 9.17) is 19.7 Å². The molecule has 1 aliphatic rings. The number of Topliss-reactive ketones (excluding diaryl/α,β-unsaturated/α-hetero) is 1. The zero-order valence-electron chi connectivity index (χ0n) is 12.9. The van der Waals surface area contributed by atoms with E-state index in [9.17, 15) is 35.4 Å². The van der Waals surface area contributed by atoms with Gasteiger partial charge in [0.05, 0.1) is 19.3 Å². The van der Waals surface area contributed by atoms with Crippen LogP contribution in [-0.4, -0.2) is 115 Å². The van der Waals surface area contributed by atoms with Gasteiger partial charge in [-0.05, 0) is 6.92 Å². The Hall–Kier alpha value is -0.730. The molecule has 1 heterocycles. The van der Waals surface area contributed by atoms with Crippen molar-refractivity contribution < 1.29 is 55.1 Å². The first kappa shape index (κ1) is 21.3. The molecule has 1 aliphatic heterocycles. The van der Waals surface area contributed by atoms with E-state index in [0.29, 0.717) is 0 Å². The summed E-state index contributed by atoms with van der Waals surface area (Å²) in [5.41, 5.74) is 0. The lowest BCUT2D eigenvalue weighted by Gasteiger charge is -2.40. The summed E-state index contributed by atoms with van der Waals surface area (Å²) in [5.74, 6) is -1.19. The van der Waals surface area contributed by atoms with E-state index in [-0.39, 0.29) is 0 Å². The molecule has 0 spiro atoms. The molecule has 0 aliphatic carbocycles. The first-order valence-electron chi connectivity index (χ1n) is 7.30. The topological polar surface area (TPSA) is 197 Å². The molecule has 1 rings (SSSR count). The van der Waals surface area contributed by atoms with Crippen LogP contribution in [0.5, 0.6) is 0 Å². The first-order valence-corrected chi connectivity index (χ1v) is 7.30. The van der Waals surface area contributed by atoms with E-state index >= 15 is 0 Å². The Morgan fingerprint density at radius 1 is 1.08 bits per heavy atom. The average molecular weight is 356 g/mol. The van der Waals surface area contributed by atoms with Gasteiger partial charge in [0.25, 0.3) is 0 Å². The van der Waals surface area contributed by atoms with Crippen LogP contribution >= 0.6 is 0 Å². The monoisotopic (exact) mass is 356 g/mol. The molecule has 0 aromatic rings. The van der Waals surface area contributed by atoms with Gasteiger partial charge in [0.1, 0.15) is 42.7 Å². The molecule has 0 saturated carbocycles. The van der Waals surface area contributed by atoms with Crippen molar-refractivity contribution in [3.63, 3.8) is 0 Å². The predicted molar refractivity (Wildman–Crippen MR) is 74.4 cm³/mol. The Morgan fingerprint density at radius 2 is 1.67 bits per heavy atom. The zero-order valence-corrected chi connectivity index (χ0v) is 12.9. The molecule has 11 heteroatoms. The van der Waals surface area contributed by atoms with Crippen molar-refractivity contribution in [2.75, 3.05) is 13.2 Å². The summed E-state index contributed by atoms with van der Waals surface area (Å²) in [5, 5.41) is 75.6. The molecule has 9 atom stereocenters. The van der Waals surface area contributed by atoms with Gasteiger partial charge in [0.15, 0.2) is 12.1 Å². The van der Waals surface area contributed by atoms with Crippen molar-refractivity contribution >= 4 is 5.78 Å². The fourth-order valence-electron chi connectivity index (χ4n) is 2.16. The van der Waals surface area contributed by atoms with Crippen LogP contribution in [0.3, 0.4) is 0 Å². The van der Waals surface area contributed by atoms with Gasteiger partial charge in [-0.15, -0.1) is 0 Å². The van der Waals surface area contributed by atoms with E-state index in [2.05, 4.69) is 0 Å². The highest BCUT2D eigenvalue weighted by Crippen LogP contribution is 2.23. The SMILES string of the molecule is CC(O)C(O)C(O)C(=O)C(CO)OC1OC(CO)C(O)C(O)C1O. The summed E-state index contributed by atoms with van der Waals surface area (Å²) in [6.07, 6.45) is -15.3. The summed E-state index contributed by atoms with van der Waals surface area (Å²) in [7, 11) is 0. The third kappa shape index (κ3) is 4.67. The molecule has 1 saturated heterocycles. The summed E-state index contributed by atoms with van der Waals surface area (Å²) in [6, 6.07) is 0. The molecule has 142 valence electrons. The second kappa shape index (κ2) is 9.10. The smallest absolute Gasteiger partial charge is 0.195 e. The van der Waals surface area contributed by atoms with Gasteiger partial charge in [-0.25, -0.2) is 0 Å². The number of hydrogen-bond donors (Lipinski definition) is 8. The zero-order chi connectivity index (χ0) is 18.6. The molecule has 0 bridgehead atoms. The quantitative estimate of drug-likeness (QED) is 0.207. The van der Waals surface area contributed by atoms with Crippen LogP contribution in [0.25, 0.3) is 0 Å². The Balaban J connectivity index is 2.81. The van der Waals surface area contributed by atoms with Crippen molar-refractivity contribution in [2.24, 2.45) is 0 Å². The van der Waals surface area contributed by atoms with Crippen molar-refractivity contribution in [2.45, 2.75) is 62.0 Å².